The second-order valence-electron chi connectivity index (χ2n) is 5.73. The van der Waals surface area contributed by atoms with Crippen molar-refractivity contribution in [2.45, 2.75) is 11.8 Å². The lowest BCUT2D eigenvalue weighted by molar-refractivity contribution is 0.0692. The van der Waals surface area contributed by atoms with E-state index in [-0.39, 0.29) is 19.0 Å². The van der Waals surface area contributed by atoms with Crippen molar-refractivity contribution in [1.82, 2.24) is 14.2 Å². The number of hydrogen-bond acceptors (Lipinski definition) is 4. The van der Waals surface area contributed by atoms with E-state index in [2.05, 4.69) is 4.98 Å². The van der Waals surface area contributed by atoms with Crippen molar-refractivity contribution in [3.8, 4) is 0 Å². The van der Waals surface area contributed by atoms with Gasteiger partial charge in [0, 0.05) is 32.4 Å². The Hall–Kier alpha value is -2.25. The van der Waals surface area contributed by atoms with Gasteiger partial charge in [0.05, 0.1) is 4.90 Å². The minimum Gasteiger partial charge on any atom is -0.335 e. The van der Waals surface area contributed by atoms with E-state index in [9.17, 15) is 13.2 Å². The molecule has 1 aliphatic rings. The first-order valence-corrected chi connectivity index (χ1v) is 9.19. The van der Waals surface area contributed by atoms with Crippen LogP contribution in [-0.4, -0.2) is 54.7 Å². The highest BCUT2D eigenvalue weighted by atomic mass is 32.2. The second kappa shape index (κ2) is 6.70. The number of carbonyl (C=O) groups is 1. The van der Waals surface area contributed by atoms with Crippen LogP contribution in [0.4, 0.5) is 0 Å². The van der Waals surface area contributed by atoms with E-state index < -0.39 is 10.0 Å². The van der Waals surface area contributed by atoms with E-state index >= 15 is 0 Å². The van der Waals surface area contributed by atoms with Crippen molar-refractivity contribution in [2.24, 2.45) is 0 Å². The van der Waals surface area contributed by atoms with Gasteiger partial charge in [0.2, 0.25) is 10.0 Å². The van der Waals surface area contributed by atoms with Gasteiger partial charge in [0.1, 0.15) is 5.69 Å². The predicted octanol–water partition coefficient (Wildman–Crippen LogP) is 1.54. The van der Waals surface area contributed by atoms with Crippen LogP contribution in [-0.2, 0) is 10.0 Å². The maximum absolute atomic E-state index is 12.7. The van der Waals surface area contributed by atoms with Crippen LogP contribution < -0.4 is 0 Å². The SMILES string of the molecule is Cc1cccc(S(=O)(=O)N2CCN(C(=O)c3ccccn3)CC2)c1. The highest BCUT2D eigenvalue weighted by Gasteiger charge is 2.30. The molecule has 0 aliphatic carbocycles. The van der Waals surface area contributed by atoms with Gasteiger partial charge in [0.15, 0.2) is 0 Å². The normalized spacial score (nSPS) is 16.1. The van der Waals surface area contributed by atoms with Gasteiger partial charge in [-0.25, -0.2) is 8.42 Å². The lowest BCUT2D eigenvalue weighted by atomic mass is 10.2. The number of amides is 1. The zero-order valence-corrected chi connectivity index (χ0v) is 14.2. The van der Waals surface area contributed by atoms with Gasteiger partial charge in [-0.15, -0.1) is 0 Å². The summed E-state index contributed by atoms with van der Waals surface area (Å²) in [4.78, 5) is 18.4. The molecular weight excluding hydrogens is 326 g/mol. The molecular formula is C17H19N3O3S. The van der Waals surface area contributed by atoms with Gasteiger partial charge >= 0.3 is 0 Å². The van der Waals surface area contributed by atoms with E-state index in [1.807, 2.05) is 13.0 Å². The summed E-state index contributed by atoms with van der Waals surface area (Å²) in [6.45, 7) is 3.16. The van der Waals surface area contributed by atoms with Gasteiger partial charge in [0.25, 0.3) is 5.91 Å². The van der Waals surface area contributed by atoms with E-state index in [0.717, 1.165) is 5.56 Å². The zero-order valence-electron chi connectivity index (χ0n) is 13.4. The van der Waals surface area contributed by atoms with Crippen LogP contribution in [0.2, 0.25) is 0 Å². The number of piperazine rings is 1. The van der Waals surface area contributed by atoms with E-state index in [1.54, 1.807) is 47.5 Å². The summed E-state index contributed by atoms with van der Waals surface area (Å²) in [7, 11) is -3.52. The molecule has 1 amide bonds. The van der Waals surface area contributed by atoms with Gasteiger partial charge in [-0.05, 0) is 36.8 Å². The third kappa shape index (κ3) is 3.32. The molecule has 24 heavy (non-hydrogen) atoms. The standard InChI is InChI=1S/C17H19N3O3S/c1-14-5-4-6-15(13-14)24(22,23)20-11-9-19(10-12-20)17(21)16-7-2-3-8-18-16/h2-8,13H,9-12H2,1H3. The molecule has 0 atom stereocenters. The van der Waals surface area contributed by atoms with Crippen LogP contribution in [0.3, 0.4) is 0 Å². The molecule has 3 rings (SSSR count). The summed E-state index contributed by atoms with van der Waals surface area (Å²) in [5, 5.41) is 0. The van der Waals surface area contributed by atoms with Gasteiger partial charge in [-0.2, -0.15) is 4.31 Å². The number of rotatable bonds is 3. The second-order valence-corrected chi connectivity index (χ2v) is 7.67. The Morgan fingerprint density at radius 3 is 2.42 bits per heavy atom. The lowest BCUT2D eigenvalue weighted by Crippen LogP contribution is -2.50. The van der Waals surface area contributed by atoms with Crippen LogP contribution in [0.1, 0.15) is 16.1 Å². The third-order valence-corrected chi connectivity index (χ3v) is 5.93. The minimum absolute atomic E-state index is 0.164. The van der Waals surface area contributed by atoms with E-state index in [4.69, 9.17) is 0 Å². The summed E-state index contributed by atoms with van der Waals surface area (Å²) in [6.07, 6.45) is 1.58. The molecule has 1 fully saturated rings. The number of aryl methyl sites for hydroxylation is 1. The van der Waals surface area contributed by atoms with Gasteiger partial charge in [-0.3, -0.25) is 9.78 Å². The molecule has 1 aliphatic heterocycles. The zero-order chi connectivity index (χ0) is 17.2. The largest absolute Gasteiger partial charge is 0.335 e. The third-order valence-electron chi connectivity index (χ3n) is 4.04. The average Bonchev–Trinajstić information content (AvgIpc) is 2.62. The quantitative estimate of drug-likeness (QED) is 0.846. The summed E-state index contributed by atoms with van der Waals surface area (Å²) in [5.41, 5.74) is 1.28. The molecule has 0 saturated carbocycles. The maximum atomic E-state index is 12.7. The molecule has 7 heteroatoms. The van der Waals surface area contributed by atoms with E-state index in [1.165, 1.54) is 4.31 Å². The molecule has 0 N–H and O–H groups in total. The molecule has 6 nitrogen and oxygen atoms in total. The van der Waals surface area contributed by atoms with Crippen molar-refractivity contribution >= 4 is 15.9 Å². The number of pyridine rings is 1. The van der Waals surface area contributed by atoms with Crippen LogP contribution >= 0.6 is 0 Å². The van der Waals surface area contributed by atoms with Crippen LogP contribution in [0.5, 0.6) is 0 Å². The Kier molecular flexibility index (Phi) is 4.64. The first-order valence-electron chi connectivity index (χ1n) is 7.75. The Labute approximate surface area is 141 Å². The van der Waals surface area contributed by atoms with Crippen molar-refractivity contribution in [1.29, 1.82) is 0 Å². The molecule has 0 spiro atoms. The fourth-order valence-electron chi connectivity index (χ4n) is 2.71. The summed E-state index contributed by atoms with van der Waals surface area (Å²) in [5.74, 6) is -0.164. The fraction of sp³-hybridized carbons (Fsp3) is 0.294. The number of benzene rings is 1. The predicted molar refractivity (Wildman–Crippen MR) is 90.1 cm³/mol. The highest BCUT2D eigenvalue weighted by molar-refractivity contribution is 7.89. The highest BCUT2D eigenvalue weighted by Crippen LogP contribution is 2.19. The van der Waals surface area contributed by atoms with Crippen LogP contribution in [0.25, 0.3) is 0 Å². The minimum atomic E-state index is -3.52. The van der Waals surface area contributed by atoms with Crippen molar-refractivity contribution in [2.75, 3.05) is 26.2 Å². The molecule has 0 unspecified atom stereocenters. The lowest BCUT2D eigenvalue weighted by Gasteiger charge is -2.33. The first-order chi connectivity index (χ1) is 11.5. The molecule has 0 radical (unpaired) electrons. The van der Waals surface area contributed by atoms with Gasteiger partial charge < -0.3 is 4.90 Å². The van der Waals surface area contributed by atoms with Gasteiger partial charge in [-0.1, -0.05) is 18.2 Å². The maximum Gasteiger partial charge on any atom is 0.272 e. The summed E-state index contributed by atoms with van der Waals surface area (Å²) >= 11 is 0. The molecule has 1 aromatic heterocycles. The monoisotopic (exact) mass is 345 g/mol. The Balaban J connectivity index is 1.70. The average molecular weight is 345 g/mol. The topological polar surface area (TPSA) is 70.6 Å². The number of carbonyl (C=O) groups excluding carboxylic acids is 1. The Morgan fingerprint density at radius 1 is 1.04 bits per heavy atom. The van der Waals surface area contributed by atoms with Crippen molar-refractivity contribution in [3.05, 3.63) is 59.9 Å². The molecule has 126 valence electrons. The number of nitrogens with zero attached hydrogens (tertiary/aromatic N) is 3. The van der Waals surface area contributed by atoms with E-state index in [0.29, 0.717) is 23.7 Å². The molecule has 0 bridgehead atoms. The fourth-order valence-corrected chi connectivity index (χ4v) is 4.24. The molecule has 2 heterocycles. The Morgan fingerprint density at radius 2 is 1.79 bits per heavy atom. The van der Waals surface area contributed by atoms with Crippen LogP contribution in [0, 0.1) is 6.92 Å². The van der Waals surface area contributed by atoms with Crippen molar-refractivity contribution < 1.29 is 13.2 Å². The Bertz CT molecular complexity index is 829. The van der Waals surface area contributed by atoms with Crippen molar-refractivity contribution in [3.63, 3.8) is 0 Å². The smallest absolute Gasteiger partial charge is 0.272 e. The summed E-state index contributed by atoms with van der Waals surface area (Å²) < 4.78 is 26.8. The molecule has 1 saturated heterocycles. The summed E-state index contributed by atoms with van der Waals surface area (Å²) in [6, 6.07) is 12.1. The number of hydrogen-bond donors (Lipinski definition) is 0. The number of aromatic nitrogens is 1. The number of sulfonamides is 1. The molecule has 2 aromatic rings. The molecule has 1 aromatic carbocycles. The van der Waals surface area contributed by atoms with Crippen LogP contribution in [0.15, 0.2) is 53.6 Å². The first kappa shape index (κ1) is 16.6.